The molecule has 3 nitrogen and oxygen atoms in total. The fourth-order valence-electron chi connectivity index (χ4n) is 1.53. The molecule has 1 aromatic rings. The van der Waals surface area contributed by atoms with Crippen molar-refractivity contribution in [3.05, 3.63) is 34.3 Å². The molecule has 3 N–H and O–H groups in total. The van der Waals surface area contributed by atoms with E-state index in [4.69, 9.17) is 5.73 Å². The van der Waals surface area contributed by atoms with Gasteiger partial charge in [0.15, 0.2) is 0 Å². The van der Waals surface area contributed by atoms with Crippen molar-refractivity contribution in [2.24, 2.45) is 11.1 Å². The maximum absolute atomic E-state index is 12.0. The van der Waals surface area contributed by atoms with Gasteiger partial charge < -0.3 is 11.1 Å². The number of carbonyl (C=O) groups is 1. The Morgan fingerprint density at radius 2 is 1.78 bits per heavy atom. The molecule has 0 fully saturated rings. The Morgan fingerprint density at radius 3 is 2.22 bits per heavy atom. The van der Waals surface area contributed by atoms with E-state index in [9.17, 15) is 4.79 Å². The molecule has 0 saturated carbocycles. The van der Waals surface area contributed by atoms with Gasteiger partial charge in [-0.3, -0.25) is 4.79 Å². The van der Waals surface area contributed by atoms with E-state index in [1.165, 1.54) is 0 Å². The summed E-state index contributed by atoms with van der Waals surface area (Å²) < 4.78 is 1.02. The summed E-state index contributed by atoms with van der Waals surface area (Å²) >= 11 is 3.39. The van der Waals surface area contributed by atoms with Gasteiger partial charge in [-0.2, -0.15) is 0 Å². The van der Waals surface area contributed by atoms with E-state index < -0.39 is 6.04 Å². The summed E-state index contributed by atoms with van der Waals surface area (Å²) in [7, 11) is 0. The van der Waals surface area contributed by atoms with Crippen molar-refractivity contribution in [1.29, 1.82) is 0 Å². The van der Waals surface area contributed by atoms with Gasteiger partial charge in [-0.15, -0.1) is 0 Å². The normalized spacial score (nSPS) is 15.0. The van der Waals surface area contributed by atoms with Crippen LogP contribution in [0, 0.1) is 5.41 Å². The van der Waals surface area contributed by atoms with Gasteiger partial charge in [0.1, 0.15) is 0 Å². The Labute approximate surface area is 117 Å². The first-order valence-corrected chi connectivity index (χ1v) is 6.82. The number of hydrogen-bond donors (Lipinski definition) is 2. The lowest BCUT2D eigenvalue weighted by Crippen LogP contribution is -2.49. The molecule has 0 aliphatic heterocycles. The number of hydrogen-bond acceptors (Lipinski definition) is 2. The molecule has 0 aliphatic rings. The van der Waals surface area contributed by atoms with Crippen LogP contribution in [0.25, 0.3) is 0 Å². The van der Waals surface area contributed by atoms with Crippen LogP contribution in [0.1, 0.15) is 39.3 Å². The number of rotatable bonds is 3. The van der Waals surface area contributed by atoms with Crippen LogP contribution in [-0.2, 0) is 4.79 Å². The highest BCUT2D eigenvalue weighted by Gasteiger charge is 2.28. The number of nitrogens with two attached hydrogens (primary N) is 1. The largest absolute Gasteiger partial charge is 0.348 e. The van der Waals surface area contributed by atoms with Crippen molar-refractivity contribution in [2.45, 2.75) is 39.8 Å². The van der Waals surface area contributed by atoms with E-state index in [1.807, 2.05) is 52.0 Å². The number of nitrogens with one attached hydrogen (secondary N) is 1. The zero-order valence-corrected chi connectivity index (χ0v) is 12.9. The second kappa shape index (κ2) is 5.85. The molecule has 18 heavy (non-hydrogen) atoms. The maximum atomic E-state index is 12.0. The van der Waals surface area contributed by atoms with Gasteiger partial charge in [0.25, 0.3) is 0 Å². The first kappa shape index (κ1) is 15.2. The van der Waals surface area contributed by atoms with Crippen LogP contribution in [0.5, 0.6) is 0 Å². The van der Waals surface area contributed by atoms with Crippen LogP contribution in [0.2, 0.25) is 0 Å². The lowest BCUT2D eigenvalue weighted by Gasteiger charge is -2.27. The zero-order chi connectivity index (χ0) is 13.9. The molecule has 0 heterocycles. The Kier molecular flexibility index (Phi) is 4.93. The highest BCUT2D eigenvalue weighted by Crippen LogP contribution is 2.20. The second-order valence-electron chi connectivity index (χ2n) is 5.63. The van der Waals surface area contributed by atoms with E-state index >= 15 is 0 Å². The minimum Gasteiger partial charge on any atom is -0.348 e. The molecule has 100 valence electrons. The standard InChI is InChI=1S/C14H21BrN2O/c1-9(10-5-7-11(15)8-6-10)17-13(18)12(16)14(2,3)4/h5-9,12H,16H2,1-4H3,(H,17,18)/t9-,12-/m0/s1. The molecule has 0 aromatic heterocycles. The molecule has 0 aliphatic carbocycles. The fourth-order valence-corrected chi connectivity index (χ4v) is 1.80. The Balaban J connectivity index is 2.68. The molecule has 2 atom stereocenters. The lowest BCUT2D eigenvalue weighted by molar-refractivity contribution is -0.125. The van der Waals surface area contributed by atoms with Crippen molar-refractivity contribution in [3.63, 3.8) is 0 Å². The van der Waals surface area contributed by atoms with Crippen LogP contribution in [0.15, 0.2) is 28.7 Å². The minimum atomic E-state index is -0.504. The third kappa shape index (κ3) is 4.10. The Bertz CT molecular complexity index is 409. The fraction of sp³-hybridized carbons (Fsp3) is 0.500. The molecule has 0 radical (unpaired) electrons. The van der Waals surface area contributed by atoms with Gasteiger partial charge in [-0.1, -0.05) is 48.8 Å². The summed E-state index contributed by atoms with van der Waals surface area (Å²) in [4.78, 5) is 12.0. The molecule has 1 rings (SSSR count). The highest BCUT2D eigenvalue weighted by molar-refractivity contribution is 9.10. The monoisotopic (exact) mass is 312 g/mol. The molecule has 0 unspecified atom stereocenters. The third-order valence-electron chi connectivity index (χ3n) is 2.94. The molecule has 0 saturated heterocycles. The number of amides is 1. The first-order valence-electron chi connectivity index (χ1n) is 6.03. The second-order valence-corrected chi connectivity index (χ2v) is 6.54. The molecule has 1 aromatic carbocycles. The van der Waals surface area contributed by atoms with Crippen LogP contribution in [0.4, 0.5) is 0 Å². The van der Waals surface area contributed by atoms with Crippen molar-refractivity contribution >= 4 is 21.8 Å². The minimum absolute atomic E-state index is 0.0426. The van der Waals surface area contributed by atoms with Crippen molar-refractivity contribution in [1.82, 2.24) is 5.32 Å². The average Bonchev–Trinajstić information content (AvgIpc) is 2.27. The molecular formula is C14H21BrN2O. The van der Waals surface area contributed by atoms with Gasteiger partial charge in [-0.25, -0.2) is 0 Å². The van der Waals surface area contributed by atoms with Gasteiger partial charge in [-0.05, 0) is 30.0 Å². The molecule has 1 amide bonds. The van der Waals surface area contributed by atoms with Crippen molar-refractivity contribution in [2.75, 3.05) is 0 Å². The van der Waals surface area contributed by atoms with E-state index in [0.29, 0.717) is 0 Å². The molecule has 4 heteroatoms. The predicted octanol–water partition coefficient (Wildman–Crippen LogP) is 3.00. The smallest absolute Gasteiger partial charge is 0.237 e. The van der Waals surface area contributed by atoms with Crippen LogP contribution < -0.4 is 11.1 Å². The Morgan fingerprint density at radius 1 is 1.28 bits per heavy atom. The van der Waals surface area contributed by atoms with Crippen molar-refractivity contribution in [3.8, 4) is 0 Å². The molecular weight excluding hydrogens is 292 g/mol. The quantitative estimate of drug-likeness (QED) is 0.901. The number of benzene rings is 1. The van der Waals surface area contributed by atoms with Crippen molar-refractivity contribution < 1.29 is 4.79 Å². The predicted molar refractivity (Wildman–Crippen MR) is 78.1 cm³/mol. The van der Waals surface area contributed by atoms with Gasteiger partial charge >= 0.3 is 0 Å². The first-order chi connectivity index (χ1) is 8.21. The average molecular weight is 313 g/mol. The van der Waals surface area contributed by atoms with E-state index in [0.717, 1.165) is 10.0 Å². The lowest BCUT2D eigenvalue weighted by atomic mass is 9.86. The van der Waals surface area contributed by atoms with E-state index in [1.54, 1.807) is 0 Å². The summed E-state index contributed by atoms with van der Waals surface area (Å²) in [6.45, 7) is 7.83. The summed E-state index contributed by atoms with van der Waals surface area (Å²) in [6.07, 6.45) is 0. The van der Waals surface area contributed by atoms with E-state index in [-0.39, 0.29) is 17.4 Å². The van der Waals surface area contributed by atoms with Gasteiger partial charge in [0.2, 0.25) is 5.91 Å². The zero-order valence-electron chi connectivity index (χ0n) is 11.3. The third-order valence-corrected chi connectivity index (χ3v) is 3.47. The van der Waals surface area contributed by atoms with Gasteiger partial charge in [0, 0.05) is 4.47 Å². The van der Waals surface area contributed by atoms with Gasteiger partial charge in [0.05, 0.1) is 12.1 Å². The molecule has 0 spiro atoms. The summed E-state index contributed by atoms with van der Waals surface area (Å²) in [5, 5.41) is 2.94. The highest BCUT2D eigenvalue weighted by atomic mass is 79.9. The van der Waals surface area contributed by atoms with Crippen LogP contribution >= 0.6 is 15.9 Å². The number of halogens is 1. The summed E-state index contributed by atoms with van der Waals surface area (Å²) in [6, 6.07) is 7.34. The maximum Gasteiger partial charge on any atom is 0.237 e. The van der Waals surface area contributed by atoms with Crippen LogP contribution in [0.3, 0.4) is 0 Å². The topological polar surface area (TPSA) is 55.1 Å². The van der Waals surface area contributed by atoms with Crippen LogP contribution in [-0.4, -0.2) is 11.9 Å². The Hall–Kier alpha value is -0.870. The van der Waals surface area contributed by atoms with E-state index in [2.05, 4.69) is 21.2 Å². The SMILES string of the molecule is C[C@H](NC(=O)[C@H](N)C(C)(C)C)c1ccc(Br)cc1. The summed E-state index contributed by atoms with van der Waals surface area (Å²) in [5.41, 5.74) is 6.76. The number of carbonyl (C=O) groups excluding carboxylic acids is 1. The summed E-state index contributed by atoms with van der Waals surface area (Å²) in [5.74, 6) is -0.113. The molecule has 0 bridgehead atoms.